The van der Waals surface area contributed by atoms with Crippen LogP contribution in [0, 0.1) is 5.92 Å². The zero-order valence-electron chi connectivity index (χ0n) is 7.91. The quantitative estimate of drug-likeness (QED) is 0.816. The van der Waals surface area contributed by atoms with Crippen molar-refractivity contribution in [1.29, 1.82) is 0 Å². The molecule has 0 radical (unpaired) electrons. The van der Waals surface area contributed by atoms with Crippen molar-refractivity contribution in [2.24, 2.45) is 11.7 Å². The number of nitrogens with two attached hydrogens (primary N) is 1. The predicted molar refractivity (Wildman–Crippen MR) is 48.2 cm³/mol. The molecule has 2 N–H and O–H groups in total. The van der Waals surface area contributed by atoms with Gasteiger partial charge in [0.25, 0.3) is 6.43 Å². The Morgan fingerprint density at radius 3 is 2.64 bits per heavy atom. The Balaban J connectivity index is 2.10. The normalized spacial score (nSPS) is 28.1. The van der Waals surface area contributed by atoms with Gasteiger partial charge >= 0.3 is 0 Å². The lowest BCUT2D eigenvalue weighted by Gasteiger charge is -2.05. The molecule has 1 aliphatic rings. The van der Waals surface area contributed by atoms with Gasteiger partial charge in [-0.2, -0.15) is 0 Å². The van der Waals surface area contributed by atoms with Crippen LogP contribution in [-0.4, -0.2) is 6.43 Å². The third-order valence-corrected chi connectivity index (χ3v) is 2.72. The number of alkyl halides is 2. The molecule has 0 spiro atoms. The predicted octanol–water partition coefficient (Wildman–Crippen LogP) is 2.67. The molecule has 1 saturated carbocycles. The Bertz CT molecular complexity index is 324. The van der Waals surface area contributed by atoms with E-state index in [4.69, 9.17) is 10.2 Å². The highest BCUT2D eigenvalue weighted by Gasteiger charge is 2.37. The highest BCUT2D eigenvalue weighted by molar-refractivity contribution is 5.19. The van der Waals surface area contributed by atoms with E-state index in [1.807, 2.05) is 0 Å². The summed E-state index contributed by atoms with van der Waals surface area (Å²) in [6, 6.07) is 2.01. The molecule has 3 unspecified atom stereocenters. The van der Waals surface area contributed by atoms with Gasteiger partial charge in [-0.15, -0.1) is 0 Å². The van der Waals surface area contributed by atoms with E-state index >= 15 is 0 Å². The number of halogens is 2. The monoisotopic (exact) mass is 201 g/mol. The lowest BCUT2D eigenvalue weighted by molar-refractivity contribution is 0.106. The second-order valence-corrected chi connectivity index (χ2v) is 3.92. The molecule has 2 nitrogen and oxygen atoms in total. The molecule has 14 heavy (non-hydrogen) atoms. The maximum atomic E-state index is 12.2. The summed E-state index contributed by atoms with van der Waals surface area (Å²) in [5.41, 5.74) is 5.26. The topological polar surface area (TPSA) is 39.2 Å². The van der Waals surface area contributed by atoms with Crippen LogP contribution in [0.3, 0.4) is 0 Å². The van der Waals surface area contributed by atoms with Crippen molar-refractivity contribution in [2.45, 2.75) is 31.7 Å². The Morgan fingerprint density at radius 1 is 1.50 bits per heavy atom. The second-order valence-electron chi connectivity index (χ2n) is 3.92. The zero-order valence-corrected chi connectivity index (χ0v) is 7.91. The molecule has 0 aliphatic heterocycles. The fourth-order valence-corrected chi connectivity index (χ4v) is 1.59. The third-order valence-electron chi connectivity index (χ3n) is 2.72. The molecular formula is C10H13F2NO. The fraction of sp³-hybridized carbons (Fsp3) is 0.600. The van der Waals surface area contributed by atoms with Crippen LogP contribution in [0.2, 0.25) is 0 Å². The van der Waals surface area contributed by atoms with Gasteiger partial charge in [0.1, 0.15) is 17.6 Å². The molecule has 0 bridgehead atoms. The lowest BCUT2D eigenvalue weighted by atomic mass is 10.2. The summed E-state index contributed by atoms with van der Waals surface area (Å²) in [4.78, 5) is 0. The number of hydrogen-bond acceptors (Lipinski definition) is 2. The van der Waals surface area contributed by atoms with Gasteiger partial charge in [0.15, 0.2) is 0 Å². The van der Waals surface area contributed by atoms with E-state index in [2.05, 4.69) is 6.92 Å². The third kappa shape index (κ3) is 1.66. The van der Waals surface area contributed by atoms with E-state index in [1.165, 1.54) is 0 Å². The number of hydrogen-bond donors (Lipinski definition) is 1. The second kappa shape index (κ2) is 3.35. The van der Waals surface area contributed by atoms with E-state index in [0.717, 1.165) is 12.2 Å². The van der Waals surface area contributed by atoms with Crippen LogP contribution in [0.15, 0.2) is 16.5 Å². The zero-order chi connectivity index (χ0) is 10.3. The van der Waals surface area contributed by atoms with Crippen molar-refractivity contribution in [3.8, 4) is 0 Å². The van der Waals surface area contributed by atoms with Crippen molar-refractivity contribution < 1.29 is 13.2 Å². The van der Waals surface area contributed by atoms with Crippen molar-refractivity contribution >= 4 is 0 Å². The Labute approximate surface area is 81.1 Å². The van der Waals surface area contributed by atoms with Gasteiger partial charge in [0, 0.05) is 5.92 Å². The van der Waals surface area contributed by atoms with Crippen LogP contribution in [0.5, 0.6) is 0 Å². The molecule has 3 atom stereocenters. The smallest absolute Gasteiger partial charge is 0.260 e. The summed E-state index contributed by atoms with van der Waals surface area (Å²) in [7, 11) is 0. The number of rotatable bonds is 3. The molecule has 4 heteroatoms. The van der Waals surface area contributed by atoms with Gasteiger partial charge in [-0.1, -0.05) is 6.92 Å². The highest BCUT2D eigenvalue weighted by Crippen LogP contribution is 2.47. The summed E-state index contributed by atoms with van der Waals surface area (Å²) >= 11 is 0. The first kappa shape index (κ1) is 9.65. The van der Waals surface area contributed by atoms with Crippen molar-refractivity contribution in [2.75, 3.05) is 0 Å². The summed E-state index contributed by atoms with van der Waals surface area (Å²) in [5.74, 6) is 2.00. The van der Waals surface area contributed by atoms with Crippen LogP contribution in [0.4, 0.5) is 8.78 Å². The maximum absolute atomic E-state index is 12.2. The molecule has 2 rings (SSSR count). The Morgan fingerprint density at radius 2 is 2.14 bits per heavy atom. The lowest BCUT2D eigenvalue weighted by Crippen LogP contribution is -2.17. The maximum Gasteiger partial charge on any atom is 0.260 e. The van der Waals surface area contributed by atoms with E-state index in [1.54, 1.807) is 12.1 Å². The first-order chi connectivity index (χ1) is 6.59. The summed E-state index contributed by atoms with van der Waals surface area (Å²) in [5, 5.41) is 0. The molecule has 1 aliphatic carbocycles. The van der Waals surface area contributed by atoms with Gasteiger partial charge in [-0.05, 0) is 24.5 Å². The SMILES string of the molecule is CC1CC1c1ccc(C(N)C(F)F)o1. The molecule has 1 heterocycles. The van der Waals surface area contributed by atoms with Crippen molar-refractivity contribution in [1.82, 2.24) is 0 Å². The van der Waals surface area contributed by atoms with E-state index in [9.17, 15) is 8.78 Å². The number of furan rings is 1. The van der Waals surface area contributed by atoms with Crippen LogP contribution < -0.4 is 5.73 Å². The molecule has 1 fully saturated rings. The minimum absolute atomic E-state index is 0.189. The molecule has 0 aromatic carbocycles. The van der Waals surface area contributed by atoms with E-state index in [0.29, 0.717) is 11.8 Å². The van der Waals surface area contributed by atoms with Gasteiger partial charge in [0.05, 0.1) is 0 Å². The minimum Gasteiger partial charge on any atom is -0.464 e. The molecule has 78 valence electrons. The van der Waals surface area contributed by atoms with Gasteiger partial charge in [-0.3, -0.25) is 0 Å². The average Bonchev–Trinajstić information content (AvgIpc) is 2.67. The first-order valence-electron chi connectivity index (χ1n) is 4.73. The van der Waals surface area contributed by atoms with E-state index in [-0.39, 0.29) is 5.76 Å². The largest absolute Gasteiger partial charge is 0.464 e. The van der Waals surface area contributed by atoms with Crippen LogP contribution >= 0.6 is 0 Å². The van der Waals surface area contributed by atoms with E-state index < -0.39 is 12.5 Å². The van der Waals surface area contributed by atoms with Gasteiger partial charge in [0.2, 0.25) is 0 Å². The van der Waals surface area contributed by atoms with Gasteiger partial charge in [-0.25, -0.2) is 8.78 Å². The first-order valence-corrected chi connectivity index (χ1v) is 4.73. The summed E-state index contributed by atoms with van der Waals surface area (Å²) < 4.78 is 29.8. The minimum atomic E-state index is -2.56. The van der Waals surface area contributed by atoms with Crippen LogP contribution in [-0.2, 0) is 0 Å². The molecule has 1 aromatic rings. The van der Waals surface area contributed by atoms with Crippen LogP contribution in [0.1, 0.15) is 36.8 Å². The van der Waals surface area contributed by atoms with Crippen molar-refractivity contribution in [3.05, 3.63) is 23.7 Å². The Hall–Kier alpha value is -0.900. The van der Waals surface area contributed by atoms with Gasteiger partial charge < -0.3 is 10.2 Å². The summed E-state index contributed by atoms with van der Waals surface area (Å²) in [6.45, 7) is 2.11. The van der Waals surface area contributed by atoms with Crippen LogP contribution in [0.25, 0.3) is 0 Å². The highest BCUT2D eigenvalue weighted by atomic mass is 19.3. The molecule has 0 saturated heterocycles. The summed E-state index contributed by atoms with van der Waals surface area (Å²) in [6.07, 6.45) is -1.48. The molecule has 0 amide bonds. The average molecular weight is 201 g/mol. The van der Waals surface area contributed by atoms with Crippen molar-refractivity contribution in [3.63, 3.8) is 0 Å². The molecule has 1 aromatic heterocycles. The Kier molecular flexibility index (Phi) is 2.31. The fourth-order valence-electron chi connectivity index (χ4n) is 1.59. The standard InChI is InChI=1S/C10H13F2NO/c1-5-4-6(5)7-2-3-8(14-7)9(13)10(11)12/h2-3,5-6,9-10H,4,13H2,1H3. The molecular weight excluding hydrogens is 188 g/mol.